The van der Waals surface area contributed by atoms with Crippen LogP contribution in [0.2, 0.25) is 0 Å². The Bertz CT molecular complexity index is 1060. The van der Waals surface area contributed by atoms with E-state index in [-0.39, 0.29) is 0 Å². The molecule has 0 aliphatic rings. The third-order valence-corrected chi connectivity index (χ3v) is 5.08. The zero-order valence-corrected chi connectivity index (χ0v) is 17.2. The second-order valence-corrected chi connectivity index (χ2v) is 7.15. The fourth-order valence-electron chi connectivity index (χ4n) is 3.30. The topological polar surface area (TPSA) is 85.2 Å². The van der Waals surface area contributed by atoms with Crippen LogP contribution in [0.3, 0.4) is 0 Å². The first kappa shape index (κ1) is 19.3. The lowest BCUT2D eigenvalue weighted by atomic mass is 9.98. The van der Waals surface area contributed by atoms with Crippen molar-refractivity contribution >= 4 is 12.6 Å². The average Bonchev–Trinajstić information content (AvgIpc) is 3.43. The maximum atomic E-state index is 4.65. The number of aromatic amines is 1. The Morgan fingerprint density at radius 3 is 2.52 bits per heavy atom. The predicted molar refractivity (Wildman–Crippen MR) is 115 cm³/mol. The van der Waals surface area contributed by atoms with Crippen molar-refractivity contribution in [1.82, 2.24) is 35.4 Å². The Hall–Kier alpha value is -3.00. The molecule has 0 fully saturated rings. The number of rotatable bonds is 8. The van der Waals surface area contributed by atoms with Gasteiger partial charge in [0.25, 0.3) is 0 Å². The summed E-state index contributed by atoms with van der Waals surface area (Å²) in [6, 6.07) is 16.6. The summed E-state index contributed by atoms with van der Waals surface area (Å²) in [6.07, 6.45) is 2.97. The highest BCUT2D eigenvalue weighted by Gasteiger charge is 2.12. The monoisotopic (exact) mass is 405 g/mol. The first-order valence-corrected chi connectivity index (χ1v) is 10.4. The Morgan fingerprint density at radius 1 is 1.03 bits per heavy atom. The van der Waals surface area contributed by atoms with E-state index in [0.717, 1.165) is 54.1 Å². The van der Waals surface area contributed by atoms with Crippen LogP contribution in [0.15, 0.2) is 48.5 Å². The number of thiol groups is 1. The van der Waals surface area contributed by atoms with Crippen LogP contribution in [0.25, 0.3) is 22.5 Å². The number of tetrazole rings is 1. The number of hydrogen-bond donors (Lipinski definition) is 2. The maximum absolute atomic E-state index is 4.65. The van der Waals surface area contributed by atoms with Gasteiger partial charge < -0.3 is 0 Å². The molecule has 4 rings (SSSR count). The van der Waals surface area contributed by atoms with Gasteiger partial charge in [-0.25, -0.2) is 9.67 Å². The van der Waals surface area contributed by atoms with Gasteiger partial charge in [0.2, 0.25) is 5.82 Å². The zero-order chi connectivity index (χ0) is 20.1. The van der Waals surface area contributed by atoms with Crippen molar-refractivity contribution in [3.8, 4) is 22.5 Å². The summed E-state index contributed by atoms with van der Waals surface area (Å²) in [5.41, 5.74) is 4.33. The van der Waals surface area contributed by atoms with Crippen LogP contribution in [-0.4, -0.2) is 35.4 Å². The maximum Gasteiger partial charge on any atom is 0.205 e. The van der Waals surface area contributed by atoms with Crippen LogP contribution in [-0.2, 0) is 18.7 Å². The first-order valence-electron chi connectivity index (χ1n) is 9.74. The summed E-state index contributed by atoms with van der Waals surface area (Å²) in [6.45, 7) is 3.07. The molecule has 2 aromatic heterocycles. The van der Waals surface area contributed by atoms with E-state index >= 15 is 0 Å². The quantitative estimate of drug-likeness (QED) is 0.434. The zero-order valence-electron chi connectivity index (χ0n) is 16.3. The molecule has 0 saturated heterocycles. The second kappa shape index (κ2) is 9.00. The average molecular weight is 406 g/mol. The van der Waals surface area contributed by atoms with Crippen molar-refractivity contribution in [2.45, 2.75) is 38.5 Å². The van der Waals surface area contributed by atoms with Gasteiger partial charge in [0.15, 0.2) is 5.82 Å². The summed E-state index contributed by atoms with van der Waals surface area (Å²) in [7, 11) is 0. The van der Waals surface area contributed by atoms with Gasteiger partial charge >= 0.3 is 0 Å². The predicted octanol–water partition coefficient (Wildman–Crippen LogP) is 3.95. The number of hydrogen-bond acceptors (Lipinski definition) is 6. The molecule has 0 bridgehead atoms. The molecular weight excluding hydrogens is 382 g/mol. The molecule has 0 atom stereocenters. The summed E-state index contributed by atoms with van der Waals surface area (Å²) in [5, 5.41) is 19.0. The highest BCUT2D eigenvalue weighted by atomic mass is 32.1. The van der Waals surface area contributed by atoms with Gasteiger partial charge in [-0.1, -0.05) is 61.9 Å². The molecule has 2 aromatic carbocycles. The molecule has 0 saturated carbocycles. The molecule has 1 N–H and O–H groups in total. The molecule has 0 aliphatic heterocycles. The SMILES string of the molecule is CCCCn1nc(CS)nc1Cc1ccc(-c2ccccc2-c2nn[nH]n2)cc1. The molecule has 0 amide bonds. The number of aryl methyl sites for hydroxylation is 1. The molecule has 0 spiro atoms. The molecule has 0 unspecified atom stereocenters. The van der Waals surface area contributed by atoms with Crippen molar-refractivity contribution in [2.75, 3.05) is 0 Å². The van der Waals surface area contributed by atoms with E-state index in [9.17, 15) is 0 Å². The highest BCUT2D eigenvalue weighted by molar-refractivity contribution is 7.79. The molecule has 29 heavy (non-hydrogen) atoms. The Labute approximate surface area is 175 Å². The normalized spacial score (nSPS) is 11.1. The fourth-order valence-corrected chi connectivity index (χ4v) is 3.44. The molecule has 148 valence electrons. The van der Waals surface area contributed by atoms with Gasteiger partial charge in [0.05, 0.1) is 5.75 Å². The van der Waals surface area contributed by atoms with E-state index < -0.39 is 0 Å². The van der Waals surface area contributed by atoms with E-state index in [1.807, 2.05) is 22.9 Å². The second-order valence-electron chi connectivity index (χ2n) is 6.83. The van der Waals surface area contributed by atoms with Crippen molar-refractivity contribution in [3.63, 3.8) is 0 Å². The van der Waals surface area contributed by atoms with E-state index in [0.29, 0.717) is 11.6 Å². The van der Waals surface area contributed by atoms with E-state index in [1.54, 1.807) is 0 Å². The third kappa shape index (κ3) is 4.37. The highest BCUT2D eigenvalue weighted by Crippen LogP contribution is 2.29. The van der Waals surface area contributed by atoms with Gasteiger partial charge in [-0.05, 0) is 28.3 Å². The van der Waals surface area contributed by atoms with Crippen LogP contribution < -0.4 is 0 Å². The molecule has 4 aromatic rings. The molecule has 0 aliphatic carbocycles. The lowest BCUT2D eigenvalue weighted by molar-refractivity contribution is 0.547. The molecule has 7 nitrogen and oxygen atoms in total. The Kier molecular flexibility index (Phi) is 6.00. The lowest BCUT2D eigenvalue weighted by Crippen LogP contribution is -2.06. The number of aromatic nitrogens is 7. The summed E-state index contributed by atoms with van der Waals surface area (Å²) in [5.74, 6) is 2.92. The number of H-pyrrole nitrogens is 1. The van der Waals surface area contributed by atoms with Crippen LogP contribution in [0, 0.1) is 0 Å². The van der Waals surface area contributed by atoms with Crippen molar-refractivity contribution in [3.05, 3.63) is 65.7 Å². The van der Waals surface area contributed by atoms with Crippen molar-refractivity contribution < 1.29 is 0 Å². The van der Waals surface area contributed by atoms with Crippen molar-refractivity contribution in [2.24, 2.45) is 0 Å². The minimum Gasteiger partial charge on any atom is -0.249 e. The minimum absolute atomic E-state index is 0.554. The van der Waals surface area contributed by atoms with E-state index in [2.05, 4.69) is 80.6 Å². The van der Waals surface area contributed by atoms with E-state index in [4.69, 9.17) is 0 Å². The molecular formula is C21H23N7S. The first-order chi connectivity index (χ1) is 14.3. The Balaban J connectivity index is 1.58. The number of unbranched alkanes of at least 4 members (excludes halogenated alkanes) is 1. The molecule has 2 heterocycles. The van der Waals surface area contributed by atoms with Gasteiger partial charge in [-0.3, -0.25) is 0 Å². The molecule has 8 heteroatoms. The van der Waals surface area contributed by atoms with Gasteiger partial charge in [-0.2, -0.15) is 22.9 Å². The smallest absolute Gasteiger partial charge is 0.205 e. The number of nitrogens with zero attached hydrogens (tertiary/aromatic N) is 6. The minimum atomic E-state index is 0.554. The number of benzene rings is 2. The van der Waals surface area contributed by atoms with Crippen LogP contribution in [0.1, 0.15) is 37.0 Å². The van der Waals surface area contributed by atoms with Crippen molar-refractivity contribution in [1.29, 1.82) is 0 Å². The van der Waals surface area contributed by atoms with Gasteiger partial charge in [-0.15, -0.1) is 10.2 Å². The summed E-state index contributed by atoms with van der Waals surface area (Å²) < 4.78 is 2.02. The van der Waals surface area contributed by atoms with Gasteiger partial charge in [0, 0.05) is 18.5 Å². The Morgan fingerprint density at radius 2 is 1.83 bits per heavy atom. The standard InChI is InChI=1S/C21H23N7S/c1-2-3-12-28-20(22-19(14-29)25-28)13-15-8-10-16(11-9-15)17-6-4-5-7-18(17)21-23-26-27-24-21/h4-11,29H,2-3,12-14H2,1H3,(H,23,24,26,27). The van der Waals surface area contributed by atoms with Crippen LogP contribution in [0.4, 0.5) is 0 Å². The largest absolute Gasteiger partial charge is 0.249 e. The fraction of sp³-hybridized carbons (Fsp3) is 0.286. The summed E-state index contributed by atoms with van der Waals surface area (Å²) >= 11 is 4.32. The van der Waals surface area contributed by atoms with Crippen LogP contribution >= 0.6 is 12.6 Å². The van der Waals surface area contributed by atoms with E-state index in [1.165, 1.54) is 5.56 Å². The number of nitrogens with one attached hydrogen (secondary N) is 1. The molecule has 0 radical (unpaired) electrons. The third-order valence-electron chi connectivity index (χ3n) is 4.80. The van der Waals surface area contributed by atoms with Crippen LogP contribution in [0.5, 0.6) is 0 Å². The lowest BCUT2D eigenvalue weighted by Gasteiger charge is -2.09. The van der Waals surface area contributed by atoms with Gasteiger partial charge in [0.1, 0.15) is 5.82 Å². The summed E-state index contributed by atoms with van der Waals surface area (Å²) in [4.78, 5) is 4.65.